The van der Waals surface area contributed by atoms with Crippen LogP contribution in [-0.2, 0) is 11.8 Å². The predicted octanol–water partition coefficient (Wildman–Crippen LogP) is 5.03. The van der Waals surface area contributed by atoms with Crippen molar-refractivity contribution in [3.63, 3.8) is 0 Å². The van der Waals surface area contributed by atoms with Gasteiger partial charge < -0.3 is 25.2 Å². The fourth-order valence-corrected chi connectivity index (χ4v) is 6.14. The molecule has 0 unspecified atom stereocenters. The molecular weight excluding hydrogens is 582 g/mol. The molecule has 244 valence electrons. The van der Waals surface area contributed by atoms with Crippen LogP contribution < -0.4 is 15.5 Å². The Balaban J connectivity index is 0.994. The lowest BCUT2D eigenvalue weighted by Gasteiger charge is -2.39. The number of likely N-dealkylation sites (tertiary alicyclic amines) is 1. The van der Waals surface area contributed by atoms with Crippen molar-refractivity contribution in [3.8, 4) is 0 Å². The number of piperidine rings is 1. The third-order valence-electron chi connectivity index (χ3n) is 8.67. The molecule has 0 radical (unpaired) electrons. The SMILES string of the molecule is Cc1cccc(C)c1Nc1nn(C)c2nc(Nc3ccc(N4CCN(CC5CCN(C(=O)OC(C)(C)C)CC5)CC4)nn3)ncc12. The van der Waals surface area contributed by atoms with Crippen LogP contribution in [0.1, 0.15) is 44.7 Å². The molecule has 2 fully saturated rings. The van der Waals surface area contributed by atoms with Crippen molar-refractivity contribution in [3.05, 3.63) is 47.7 Å². The fourth-order valence-electron chi connectivity index (χ4n) is 6.14. The molecule has 2 aliphatic heterocycles. The minimum atomic E-state index is -0.455. The number of anilines is 5. The first-order chi connectivity index (χ1) is 22.0. The number of carbonyl (C=O) groups is 1. The van der Waals surface area contributed by atoms with Crippen molar-refractivity contribution in [2.24, 2.45) is 13.0 Å². The number of benzene rings is 1. The van der Waals surface area contributed by atoms with Gasteiger partial charge in [0, 0.05) is 64.7 Å². The number of para-hydroxylation sites is 1. The molecule has 0 atom stereocenters. The second-order valence-electron chi connectivity index (χ2n) is 13.4. The van der Waals surface area contributed by atoms with Crippen molar-refractivity contribution in [2.75, 3.05) is 61.3 Å². The first kappa shape index (κ1) is 31.5. The number of nitrogens with zero attached hydrogens (tertiary/aromatic N) is 9. The number of piperazine rings is 1. The van der Waals surface area contributed by atoms with Crippen molar-refractivity contribution >= 4 is 46.2 Å². The van der Waals surface area contributed by atoms with E-state index in [1.807, 2.05) is 50.9 Å². The van der Waals surface area contributed by atoms with Crippen molar-refractivity contribution in [1.29, 1.82) is 0 Å². The van der Waals surface area contributed by atoms with Crippen LogP contribution in [0.25, 0.3) is 11.0 Å². The largest absolute Gasteiger partial charge is 0.444 e. The van der Waals surface area contributed by atoms with E-state index in [0.717, 1.165) is 86.7 Å². The van der Waals surface area contributed by atoms with E-state index in [2.05, 4.69) is 66.7 Å². The standard InChI is InChI=1S/C33H45N11O2/c1-22-8-7-9-23(2)28(22)36-29-25-20-34-31(37-30(25)41(6)40-29)35-26-10-11-27(39-38-26)43-18-16-42(17-19-43)21-24-12-14-44(15-13-24)32(45)46-33(3,4)5/h7-11,20,24H,12-19,21H2,1-6H3,(H,36,40)(H,34,35,37,38). The normalized spacial score (nSPS) is 16.6. The first-order valence-corrected chi connectivity index (χ1v) is 16.1. The molecule has 46 heavy (non-hydrogen) atoms. The highest BCUT2D eigenvalue weighted by atomic mass is 16.6. The number of hydrogen-bond donors (Lipinski definition) is 2. The molecule has 2 N–H and O–H groups in total. The minimum absolute atomic E-state index is 0.195. The molecular formula is C33H45N11O2. The van der Waals surface area contributed by atoms with Gasteiger partial charge in [0.15, 0.2) is 23.1 Å². The van der Waals surface area contributed by atoms with Gasteiger partial charge in [0.1, 0.15) is 5.60 Å². The van der Waals surface area contributed by atoms with Gasteiger partial charge in [0.25, 0.3) is 0 Å². The fraction of sp³-hybridized carbons (Fsp3) is 0.515. The van der Waals surface area contributed by atoms with Gasteiger partial charge in [0.2, 0.25) is 5.95 Å². The van der Waals surface area contributed by atoms with Crippen molar-refractivity contribution in [1.82, 2.24) is 39.7 Å². The highest BCUT2D eigenvalue weighted by Gasteiger charge is 2.29. The third kappa shape index (κ3) is 7.30. The monoisotopic (exact) mass is 627 g/mol. The Morgan fingerprint density at radius 2 is 1.67 bits per heavy atom. The number of fused-ring (bicyclic) bond motifs is 1. The zero-order valence-electron chi connectivity index (χ0n) is 27.7. The summed E-state index contributed by atoms with van der Waals surface area (Å²) in [5, 5.41) is 21.1. The zero-order chi connectivity index (χ0) is 32.4. The average Bonchev–Trinajstić information content (AvgIpc) is 3.33. The Hall–Kier alpha value is -4.52. The summed E-state index contributed by atoms with van der Waals surface area (Å²) in [6, 6.07) is 10.1. The third-order valence-corrected chi connectivity index (χ3v) is 8.67. The van der Waals surface area contributed by atoms with Crippen LogP contribution in [0.15, 0.2) is 36.5 Å². The number of hydrogen-bond acceptors (Lipinski definition) is 11. The van der Waals surface area contributed by atoms with Crippen LogP contribution in [0.2, 0.25) is 0 Å². The van der Waals surface area contributed by atoms with Crippen LogP contribution in [0, 0.1) is 19.8 Å². The van der Waals surface area contributed by atoms with Crippen molar-refractivity contribution in [2.45, 2.75) is 53.1 Å². The molecule has 1 amide bonds. The number of ether oxygens (including phenoxy) is 1. The average molecular weight is 628 g/mol. The van der Waals surface area contributed by atoms with Crippen LogP contribution in [0.4, 0.5) is 33.9 Å². The van der Waals surface area contributed by atoms with Crippen LogP contribution >= 0.6 is 0 Å². The topological polar surface area (TPSA) is 129 Å². The lowest BCUT2D eigenvalue weighted by atomic mass is 9.96. The Kier molecular flexibility index (Phi) is 8.94. The second-order valence-corrected chi connectivity index (χ2v) is 13.4. The summed E-state index contributed by atoms with van der Waals surface area (Å²) in [4.78, 5) is 28.3. The number of amides is 1. The molecule has 5 heterocycles. The van der Waals surface area contributed by atoms with Crippen LogP contribution in [0.3, 0.4) is 0 Å². The van der Waals surface area contributed by atoms with E-state index >= 15 is 0 Å². The molecule has 0 saturated carbocycles. The van der Waals surface area contributed by atoms with E-state index in [4.69, 9.17) is 9.72 Å². The highest BCUT2D eigenvalue weighted by Crippen LogP contribution is 2.29. The summed E-state index contributed by atoms with van der Waals surface area (Å²) >= 11 is 0. The summed E-state index contributed by atoms with van der Waals surface area (Å²) in [7, 11) is 1.87. The quantitative estimate of drug-likeness (QED) is 0.286. The lowest BCUT2D eigenvalue weighted by Crippen LogP contribution is -2.49. The molecule has 3 aromatic heterocycles. The van der Waals surface area contributed by atoms with Crippen LogP contribution in [0.5, 0.6) is 0 Å². The van der Waals surface area contributed by atoms with Gasteiger partial charge in [-0.25, -0.2) is 14.5 Å². The predicted molar refractivity (Wildman–Crippen MR) is 180 cm³/mol. The molecule has 4 aromatic rings. The smallest absolute Gasteiger partial charge is 0.410 e. The summed E-state index contributed by atoms with van der Waals surface area (Å²) < 4.78 is 7.29. The van der Waals surface area contributed by atoms with Gasteiger partial charge >= 0.3 is 6.09 Å². The Labute approximate surface area is 270 Å². The van der Waals surface area contributed by atoms with E-state index in [-0.39, 0.29) is 6.09 Å². The zero-order valence-corrected chi connectivity index (χ0v) is 27.7. The lowest BCUT2D eigenvalue weighted by molar-refractivity contribution is 0.0169. The van der Waals surface area contributed by atoms with Crippen molar-refractivity contribution < 1.29 is 9.53 Å². The highest BCUT2D eigenvalue weighted by molar-refractivity contribution is 5.90. The number of carbonyl (C=O) groups excluding carboxylic acids is 1. The van der Waals surface area contributed by atoms with Gasteiger partial charge in [-0.2, -0.15) is 10.1 Å². The van der Waals surface area contributed by atoms with Gasteiger partial charge in [-0.1, -0.05) is 18.2 Å². The summed E-state index contributed by atoms with van der Waals surface area (Å²) in [5.41, 5.74) is 3.59. The van der Waals surface area contributed by atoms with E-state index in [9.17, 15) is 4.79 Å². The Morgan fingerprint density at radius 1 is 0.957 bits per heavy atom. The Bertz CT molecular complexity index is 1650. The molecule has 13 heteroatoms. The molecule has 6 rings (SSSR count). The van der Waals surface area contributed by atoms with Crippen LogP contribution in [-0.4, -0.2) is 97.3 Å². The Morgan fingerprint density at radius 3 is 2.33 bits per heavy atom. The number of nitrogens with one attached hydrogen (secondary N) is 2. The van der Waals surface area contributed by atoms with Gasteiger partial charge in [0.05, 0.1) is 5.39 Å². The van der Waals surface area contributed by atoms with E-state index in [1.165, 1.54) is 0 Å². The summed E-state index contributed by atoms with van der Waals surface area (Å²) in [6.45, 7) is 16.2. The molecule has 1 aromatic carbocycles. The van der Waals surface area contributed by atoms with Gasteiger partial charge in [-0.3, -0.25) is 4.90 Å². The number of rotatable bonds is 7. The van der Waals surface area contributed by atoms with E-state index in [1.54, 1.807) is 10.9 Å². The maximum absolute atomic E-state index is 12.4. The second kappa shape index (κ2) is 13.1. The summed E-state index contributed by atoms with van der Waals surface area (Å²) in [6.07, 6.45) is 3.61. The molecule has 0 aliphatic carbocycles. The minimum Gasteiger partial charge on any atom is -0.444 e. The maximum atomic E-state index is 12.4. The van der Waals surface area contributed by atoms with Gasteiger partial charge in [-0.05, 0) is 76.6 Å². The molecule has 0 spiro atoms. The maximum Gasteiger partial charge on any atom is 0.410 e. The summed E-state index contributed by atoms with van der Waals surface area (Å²) in [5.74, 6) is 3.19. The first-order valence-electron chi connectivity index (χ1n) is 16.1. The van der Waals surface area contributed by atoms with Gasteiger partial charge in [-0.15, -0.1) is 10.2 Å². The number of aromatic nitrogens is 6. The number of aryl methyl sites for hydroxylation is 3. The molecule has 2 aliphatic rings. The molecule has 0 bridgehead atoms. The molecule has 13 nitrogen and oxygen atoms in total. The van der Waals surface area contributed by atoms with E-state index in [0.29, 0.717) is 29.1 Å². The van der Waals surface area contributed by atoms with E-state index < -0.39 is 5.60 Å². The molecule has 2 saturated heterocycles.